The van der Waals surface area contributed by atoms with Crippen LogP contribution in [-0.4, -0.2) is 108 Å². The van der Waals surface area contributed by atoms with Crippen LogP contribution in [0.4, 0.5) is 5.69 Å². The van der Waals surface area contributed by atoms with Crippen LogP contribution in [0.25, 0.3) is 0 Å². The number of nitrogens with zero attached hydrogens (tertiary/aromatic N) is 7. The van der Waals surface area contributed by atoms with Crippen molar-refractivity contribution in [3.63, 3.8) is 0 Å². The number of amides is 2. The summed E-state index contributed by atoms with van der Waals surface area (Å²) in [7, 11) is 1.85. The van der Waals surface area contributed by atoms with Gasteiger partial charge in [-0.05, 0) is 6.92 Å². The first-order valence-corrected chi connectivity index (χ1v) is 10.3. The molecule has 0 aliphatic carbocycles. The molecule has 0 aromatic carbocycles. The van der Waals surface area contributed by atoms with E-state index in [2.05, 4.69) is 15.3 Å². The first-order valence-electron chi connectivity index (χ1n) is 10.3. The van der Waals surface area contributed by atoms with E-state index in [0.29, 0.717) is 19.6 Å². The third-order valence-electron chi connectivity index (χ3n) is 5.35. The van der Waals surface area contributed by atoms with Gasteiger partial charge in [-0.3, -0.25) is 24.2 Å². The summed E-state index contributed by atoms with van der Waals surface area (Å²) in [4.78, 5) is 36.8. The highest BCUT2D eigenvalue weighted by Gasteiger charge is 2.27. The molecule has 1 aromatic heterocycles. The molecular weight excluding hydrogens is 499 g/mol. The lowest BCUT2D eigenvalue weighted by Crippen LogP contribution is -2.55. The predicted octanol–water partition coefficient (Wildman–Crippen LogP) is -0.184. The number of aromatic nitrogens is 2. The highest BCUT2D eigenvalue weighted by atomic mass is 127. The van der Waals surface area contributed by atoms with Crippen LogP contribution in [0.5, 0.6) is 0 Å². The van der Waals surface area contributed by atoms with Gasteiger partial charge in [-0.15, -0.1) is 24.0 Å². The average Bonchev–Trinajstić information content (AvgIpc) is 3.13. The van der Waals surface area contributed by atoms with Crippen LogP contribution in [-0.2, 0) is 16.6 Å². The normalized spacial score (nSPS) is 18.4. The Bertz CT molecular complexity index is 745. The van der Waals surface area contributed by atoms with Crippen LogP contribution in [0, 0.1) is 0 Å². The number of rotatable bonds is 5. The number of hydrogen-bond acceptors (Lipinski definition) is 5. The molecule has 3 rings (SSSR count). The van der Waals surface area contributed by atoms with Gasteiger partial charge in [0.1, 0.15) is 6.54 Å². The van der Waals surface area contributed by atoms with Crippen molar-refractivity contribution < 1.29 is 9.59 Å². The van der Waals surface area contributed by atoms with Crippen LogP contribution in [0.3, 0.4) is 0 Å². The molecular formula is C19H33IN8O2. The fourth-order valence-electron chi connectivity index (χ4n) is 3.68. The van der Waals surface area contributed by atoms with Crippen molar-refractivity contribution in [3.8, 4) is 0 Å². The second-order valence-corrected chi connectivity index (χ2v) is 7.42. The molecule has 11 heteroatoms. The molecule has 3 heterocycles. The van der Waals surface area contributed by atoms with Crippen LogP contribution >= 0.6 is 24.0 Å². The van der Waals surface area contributed by atoms with Crippen molar-refractivity contribution in [2.45, 2.75) is 13.8 Å². The van der Waals surface area contributed by atoms with Crippen LogP contribution in [0.1, 0.15) is 13.8 Å². The Labute approximate surface area is 195 Å². The molecule has 0 radical (unpaired) electrons. The summed E-state index contributed by atoms with van der Waals surface area (Å²) < 4.78 is 1.71. The van der Waals surface area contributed by atoms with E-state index in [4.69, 9.17) is 4.99 Å². The van der Waals surface area contributed by atoms with E-state index in [-0.39, 0.29) is 35.8 Å². The summed E-state index contributed by atoms with van der Waals surface area (Å²) >= 11 is 0. The van der Waals surface area contributed by atoms with Gasteiger partial charge in [0, 0.05) is 72.5 Å². The highest BCUT2D eigenvalue weighted by Crippen LogP contribution is 2.16. The third kappa shape index (κ3) is 6.30. The van der Waals surface area contributed by atoms with Crippen molar-refractivity contribution in [2.24, 2.45) is 12.0 Å². The molecule has 2 aliphatic heterocycles. The third-order valence-corrected chi connectivity index (χ3v) is 5.35. The van der Waals surface area contributed by atoms with E-state index < -0.39 is 0 Å². The van der Waals surface area contributed by atoms with Crippen LogP contribution < -0.4 is 10.2 Å². The minimum atomic E-state index is 0. The van der Waals surface area contributed by atoms with E-state index in [0.717, 1.165) is 57.5 Å². The van der Waals surface area contributed by atoms with Crippen LogP contribution in [0.15, 0.2) is 17.4 Å². The standard InChI is InChI=1S/C19H32N8O2.HI/c1-4-20-19(21-5-6-24-7-9-25(10-8-24)16(2)28)26-11-12-27(18(29)15-26)17-13-22-23(3)14-17;/h13-14H,4-12,15H2,1-3H3,(H,20,21);1H. The van der Waals surface area contributed by atoms with Gasteiger partial charge in [0.25, 0.3) is 0 Å². The number of nitrogens with one attached hydrogen (secondary N) is 1. The van der Waals surface area contributed by atoms with Gasteiger partial charge < -0.3 is 20.0 Å². The summed E-state index contributed by atoms with van der Waals surface area (Å²) in [6.07, 6.45) is 3.58. The number of carbonyl (C=O) groups is 2. The Hall–Kier alpha value is -1.89. The van der Waals surface area contributed by atoms with Gasteiger partial charge in [0.15, 0.2) is 5.96 Å². The number of anilines is 1. The monoisotopic (exact) mass is 532 g/mol. The largest absolute Gasteiger partial charge is 0.357 e. The molecule has 0 atom stereocenters. The van der Waals surface area contributed by atoms with E-state index in [1.54, 1.807) is 22.7 Å². The quantitative estimate of drug-likeness (QED) is 0.322. The van der Waals surface area contributed by atoms with E-state index in [9.17, 15) is 9.59 Å². The van der Waals surface area contributed by atoms with Gasteiger partial charge in [-0.25, -0.2) is 0 Å². The summed E-state index contributed by atoms with van der Waals surface area (Å²) in [6, 6.07) is 0. The molecule has 30 heavy (non-hydrogen) atoms. The molecule has 10 nitrogen and oxygen atoms in total. The molecule has 2 amide bonds. The maximum Gasteiger partial charge on any atom is 0.246 e. The second kappa shape index (κ2) is 11.5. The molecule has 0 bridgehead atoms. The maximum absolute atomic E-state index is 12.7. The average molecular weight is 532 g/mol. The zero-order chi connectivity index (χ0) is 20.8. The number of aliphatic imine (C=N–C) groups is 1. The fraction of sp³-hybridized carbons (Fsp3) is 0.684. The van der Waals surface area contributed by atoms with Gasteiger partial charge in [0.2, 0.25) is 11.8 Å². The second-order valence-electron chi connectivity index (χ2n) is 7.42. The molecule has 1 aromatic rings. The van der Waals surface area contributed by atoms with Gasteiger partial charge in [-0.2, -0.15) is 5.10 Å². The smallest absolute Gasteiger partial charge is 0.246 e. The van der Waals surface area contributed by atoms with Crippen molar-refractivity contribution in [2.75, 3.05) is 70.3 Å². The van der Waals surface area contributed by atoms with Crippen LogP contribution in [0.2, 0.25) is 0 Å². The SMILES string of the molecule is CCNC(=NCCN1CCN(C(C)=O)CC1)N1CCN(c2cnn(C)c2)C(=O)C1.I. The fourth-order valence-corrected chi connectivity index (χ4v) is 3.68. The van der Waals surface area contributed by atoms with E-state index >= 15 is 0 Å². The number of guanidine groups is 1. The lowest BCUT2D eigenvalue weighted by molar-refractivity contribution is -0.130. The van der Waals surface area contributed by atoms with E-state index in [1.165, 1.54) is 0 Å². The van der Waals surface area contributed by atoms with Crippen molar-refractivity contribution in [3.05, 3.63) is 12.4 Å². The molecule has 2 aliphatic rings. The molecule has 1 N–H and O–H groups in total. The molecule has 2 fully saturated rings. The van der Waals surface area contributed by atoms with Gasteiger partial charge in [-0.1, -0.05) is 0 Å². The zero-order valence-corrected chi connectivity index (χ0v) is 20.4. The summed E-state index contributed by atoms with van der Waals surface area (Å²) in [5, 5.41) is 7.46. The molecule has 0 spiro atoms. The minimum Gasteiger partial charge on any atom is -0.357 e. The van der Waals surface area contributed by atoms with E-state index in [1.807, 2.05) is 30.0 Å². The first kappa shape index (κ1) is 24.4. The molecule has 0 unspecified atom stereocenters. The van der Waals surface area contributed by atoms with Crippen molar-refractivity contribution >= 4 is 47.4 Å². The van der Waals surface area contributed by atoms with Crippen molar-refractivity contribution in [1.29, 1.82) is 0 Å². The predicted molar refractivity (Wildman–Crippen MR) is 127 cm³/mol. The lowest BCUT2D eigenvalue weighted by Gasteiger charge is -2.36. The zero-order valence-electron chi connectivity index (χ0n) is 18.1. The molecule has 2 saturated heterocycles. The summed E-state index contributed by atoms with van der Waals surface area (Å²) in [5.41, 5.74) is 0.837. The summed E-state index contributed by atoms with van der Waals surface area (Å²) in [5.74, 6) is 0.983. The molecule has 168 valence electrons. The highest BCUT2D eigenvalue weighted by molar-refractivity contribution is 14.0. The Balaban J connectivity index is 0.00000320. The number of aryl methyl sites for hydroxylation is 1. The first-order chi connectivity index (χ1) is 14.0. The number of halogens is 1. The Kier molecular flexibility index (Phi) is 9.34. The number of hydrogen-bond donors (Lipinski definition) is 1. The Morgan fingerprint density at radius 1 is 1.17 bits per heavy atom. The Morgan fingerprint density at radius 3 is 2.43 bits per heavy atom. The lowest BCUT2D eigenvalue weighted by atomic mass is 10.3. The van der Waals surface area contributed by atoms with Gasteiger partial charge in [0.05, 0.1) is 18.4 Å². The Morgan fingerprint density at radius 2 is 1.87 bits per heavy atom. The number of carbonyl (C=O) groups excluding carboxylic acids is 2. The van der Waals surface area contributed by atoms with Crippen molar-refractivity contribution in [1.82, 2.24) is 29.8 Å². The maximum atomic E-state index is 12.7. The minimum absolute atomic E-state index is 0. The molecule has 0 saturated carbocycles. The number of piperazine rings is 2. The topological polar surface area (TPSA) is 89.3 Å². The summed E-state index contributed by atoms with van der Waals surface area (Å²) in [6.45, 7) is 10.9. The van der Waals surface area contributed by atoms with Gasteiger partial charge >= 0.3 is 0 Å².